The highest BCUT2D eigenvalue weighted by Crippen LogP contribution is 2.29. The molecule has 9 nitrogen and oxygen atoms in total. The molecule has 0 aliphatic heterocycles. The number of aromatic nitrogens is 8. The van der Waals surface area contributed by atoms with Gasteiger partial charge < -0.3 is 0 Å². The van der Waals surface area contributed by atoms with Gasteiger partial charge in [-0.05, 0) is 41.7 Å². The molecule has 0 atom stereocenters. The van der Waals surface area contributed by atoms with Crippen molar-refractivity contribution in [2.45, 2.75) is 58.4 Å². The standard InChI is InChI=1S/C25H28N8O/c1-2-15-33-21(27-25(30-33)23(34)19-7-4-3-5-8-19)16-17-10-12-18(13-11-17)20-9-6-14-26-22(20)24-28-31-32-29-24/h6,9-14,19H,2-5,7-8,15-16H2,1H3,(H,28,29,31,32). The van der Waals surface area contributed by atoms with Gasteiger partial charge in [-0.3, -0.25) is 9.78 Å². The number of aromatic amines is 1. The van der Waals surface area contributed by atoms with E-state index in [1.165, 1.54) is 6.42 Å². The number of rotatable bonds is 8. The molecule has 1 fully saturated rings. The normalized spacial score (nSPS) is 14.4. The van der Waals surface area contributed by atoms with Gasteiger partial charge in [-0.1, -0.05) is 56.5 Å². The van der Waals surface area contributed by atoms with E-state index in [2.05, 4.69) is 61.9 Å². The highest BCUT2D eigenvalue weighted by Gasteiger charge is 2.26. The minimum atomic E-state index is 0.0752. The van der Waals surface area contributed by atoms with E-state index in [-0.39, 0.29) is 11.7 Å². The van der Waals surface area contributed by atoms with E-state index in [1.807, 2.05) is 16.8 Å². The number of carbonyl (C=O) groups excluding carboxylic acids is 1. The predicted octanol–water partition coefficient (Wildman–Crippen LogP) is 4.28. The van der Waals surface area contributed by atoms with E-state index in [4.69, 9.17) is 4.98 Å². The van der Waals surface area contributed by atoms with Crippen molar-refractivity contribution in [3.8, 4) is 22.6 Å². The molecule has 1 N–H and O–H groups in total. The Morgan fingerprint density at radius 2 is 1.94 bits per heavy atom. The van der Waals surface area contributed by atoms with Gasteiger partial charge in [0.2, 0.25) is 17.4 Å². The number of hydrogen-bond acceptors (Lipinski definition) is 7. The molecule has 34 heavy (non-hydrogen) atoms. The van der Waals surface area contributed by atoms with E-state index in [1.54, 1.807) is 6.20 Å². The maximum Gasteiger partial charge on any atom is 0.223 e. The van der Waals surface area contributed by atoms with Gasteiger partial charge in [0.05, 0.1) is 0 Å². The van der Waals surface area contributed by atoms with Crippen molar-refractivity contribution >= 4 is 5.78 Å². The minimum absolute atomic E-state index is 0.0752. The molecule has 1 aromatic carbocycles. The summed E-state index contributed by atoms with van der Waals surface area (Å²) in [6, 6.07) is 12.2. The van der Waals surface area contributed by atoms with Gasteiger partial charge in [0.15, 0.2) is 0 Å². The highest BCUT2D eigenvalue weighted by molar-refractivity contribution is 5.94. The topological polar surface area (TPSA) is 115 Å². The summed E-state index contributed by atoms with van der Waals surface area (Å²) >= 11 is 0. The number of hydrogen-bond donors (Lipinski definition) is 1. The number of aryl methyl sites for hydroxylation is 1. The number of nitrogens with one attached hydrogen (secondary N) is 1. The quantitative estimate of drug-likeness (QED) is 0.393. The lowest BCUT2D eigenvalue weighted by molar-refractivity contribution is 0.0878. The van der Waals surface area contributed by atoms with Gasteiger partial charge in [-0.2, -0.15) is 5.21 Å². The third-order valence-electron chi connectivity index (χ3n) is 6.37. The number of benzene rings is 1. The van der Waals surface area contributed by atoms with Crippen LogP contribution in [0.4, 0.5) is 0 Å². The van der Waals surface area contributed by atoms with E-state index < -0.39 is 0 Å². The van der Waals surface area contributed by atoms with Crippen LogP contribution in [0.1, 0.15) is 67.5 Å². The lowest BCUT2D eigenvalue weighted by Crippen LogP contribution is -2.19. The summed E-state index contributed by atoms with van der Waals surface area (Å²) in [6.45, 7) is 2.86. The summed E-state index contributed by atoms with van der Waals surface area (Å²) in [4.78, 5) is 22.1. The Bertz CT molecular complexity index is 1240. The zero-order chi connectivity index (χ0) is 23.3. The van der Waals surface area contributed by atoms with Gasteiger partial charge in [-0.15, -0.1) is 15.3 Å². The zero-order valence-electron chi connectivity index (χ0n) is 19.3. The Kier molecular flexibility index (Phi) is 6.51. The molecule has 9 heteroatoms. The van der Waals surface area contributed by atoms with Crippen LogP contribution in [0.15, 0.2) is 42.6 Å². The average molecular weight is 457 g/mol. The third kappa shape index (κ3) is 4.64. The Balaban J connectivity index is 1.37. The first-order valence-corrected chi connectivity index (χ1v) is 12.0. The maximum absolute atomic E-state index is 13.0. The van der Waals surface area contributed by atoms with Crippen molar-refractivity contribution < 1.29 is 4.79 Å². The van der Waals surface area contributed by atoms with Crippen LogP contribution in [-0.4, -0.2) is 46.2 Å². The Morgan fingerprint density at radius 1 is 1.12 bits per heavy atom. The van der Waals surface area contributed by atoms with Gasteiger partial charge in [-0.25, -0.2) is 9.67 Å². The van der Waals surface area contributed by atoms with Gasteiger partial charge >= 0.3 is 0 Å². The van der Waals surface area contributed by atoms with Gasteiger partial charge in [0, 0.05) is 30.6 Å². The summed E-state index contributed by atoms with van der Waals surface area (Å²) in [5, 5.41) is 18.9. The molecule has 0 amide bonds. The van der Waals surface area contributed by atoms with Crippen molar-refractivity contribution in [3.05, 3.63) is 59.8 Å². The fourth-order valence-electron chi connectivity index (χ4n) is 4.61. The van der Waals surface area contributed by atoms with Crippen molar-refractivity contribution in [3.63, 3.8) is 0 Å². The van der Waals surface area contributed by atoms with E-state index in [0.717, 1.165) is 61.2 Å². The molecule has 0 spiro atoms. The summed E-state index contributed by atoms with van der Waals surface area (Å²) in [5.74, 6) is 1.86. The lowest BCUT2D eigenvalue weighted by Gasteiger charge is -2.18. The number of tetrazole rings is 1. The zero-order valence-corrected chi connectivity index (χ0v) is 19.3. The van der Waals surface area contributed by atoms with Crippen molar-refractivity contribution in [1.82, 2.24) is 40.4 Å². The second-order valence-electron chi connectivity index (χ2n) is 8.78. The molecule has 1 aliphatic carbocycles. The fourth-order valence-corrected chi connectivity index (χ4v) is 4.61. The van der Waals surface area contributed by atoms with Crippen LogP contribution < -0.4 is 0 Å². The number of carbonyl (C=O) groups is 1. The molecule has 0 saturated heterocycles. The van der Waals surface area contributed by atoms with Crippen molar-refractivity contribution in [1.29, 1.82) is 0 Å². The number of H-pyrrole nitrogens is 1. The van der Waals surface area contributed by atoms with Crippen molar-refractivity contribution in [2.24, 2.45) is 5.92 Å². The van der Waals surface area contributed by atoms with Crippen LogP contribution >= 0.6 is 0 Å². The van der Waals surface area contributed by atoms with E-state index in [0.29, 0.717) is 23.8 Å². The first kappa shape index (κ1) is 22.1. The fraction of sp³-hybridized carbons (Fsp3) is 0.400. The smallest absolute Gasteiger partial charge is 0.223 e. The second kappa shape index (κ2) is 10.0. The first-order chi connectivity index (χ1) is 16.7. The van der Waals surface area contributed by atoms with Crippen LogP contribution in [0.25, 0.3) is 22.6 Å². The maximum atomic E-state index is 13.0. The molecule has 174 valence electrons. The van der Waals surface area contributed by atoms with Crippen LogP contribution in [0.2, 0.25) is 0 Å². The third-order valence-corrected chi connectivity index (χ3v) is 6.37. The van der Waals surface area contributed by atoms with Gasteiger partial charge in [0.25, 0.3) is 0 Å². The molecular weight excluding hydrogens is 428 g/mol. The summed E-state index contributed by atoms with van der Waals surface area (Å²) < 4.78 is 1.90. The summed E-state index contributed by atoms with van der Waals surface area (Å²) in [5.41, 5.74) is 3.73. The predicted molar refractivity (Wildman–Crippen MR) is 127 cm³/mol. The molecule has 3 heterocycles. The average Bonchev–Trinajstić information content (AvgIpc) is 3.56. The molecule has 0 bridgehead atoms. The minimum Gasteiger partial charge on any atom is -0.290 e. The van der Waals surface area contributed by atoms with E-state index in [9.17, 15) is 4.79 Å². The Labute approximate surface area is 198 Å². The van der Waals surface area contributed by atoms with Crippen LogP contribution in [0, 0.1) is 5.92 Å². The van der Waals surface area contributed by atoms with Crippen molar-refractivity contribution in [2.75, 3.05) is 0 Å². The van der Waals surface area contributed by atoms with Gasteiger partial charge in [0.1, 0.15) is 11.5 Å². The molecule has 5 rings (SSSR count). The Morgan fingerprint density at radius 3 is 2.68 bits per heavy atom. The SMILES string of the molecule is CCCn1nc(C(=O)C2CCCCC2)nc1Cc1ccc(-c2cccnc2-c2nn[nH]n2)cc1. The number of pyridine rings is 1. The van der Waals surface area contributed by atoms with Crippen LogP contribution in [0.3, 0.4) is 0 Å². The molecule has 0 radical (unpaired) electrons. The highest BCUT2D eigenvalue weighted by atomic mass is 16.1. The second-order valence-corrected chi connectivity index (χ2v) is 8.78. The van der Waals surface area contributed by atoms with Crippen LogP contribution in [0.5, 0.6) is 0 Å². The first-order valence-electron chi connectivity index (χ1n) is 12.0. The molecule has 0 unspecified atom stereocenters. The number of nitrogens with zero attached hydrogens (tertiary/aromatic N) is 7. The lowest BCUT2D eigenvalue weighted by atomic mass is 9.86. The summed E-state index contributed by atoms with van der Waals surface area (Å²) in [6.07, 6.45) is 8.65. The number of Topliss-reactive ketones (excluding diaryl/α,β-unsaturated/α-hetero) is 1. The molecule has 4 aromatic rings. The monoisotopic (exact) mass is 456 g/mol. The largest absolute Gasteiger partial charge is 0.290 e. The summed E-state index contributed by atoms with van der Waals surface area (Å²) in [7, 11) is 0. The molecular formula is C25H28N8O. The molecule has 1 saturated carbocycles. The Hall–Kier alpha value is -3.75. The van der Waals surface area contributed by atoms with E-state index >= 15 is 0 Å². The molecule has 1 aliphatic rings. The number of ketones is 1. The van der Waals surface area contributed by atoms with Crippen LogP contribution in [-0.2, 0) is 13.0 Å². The molecule has 3 aromatic heterocycles.